The van der Waals surface area contributed by atoms with Crippen molar-refractivity contribution in [3.05, 3.63) is 100 Å². The van der Waals surface area contributed by atoms with E-state index in [-0.39, 0.29) is 24.8 Å². The van der Waals surface area contributed by atoms with Crippen LogP contribution in [0.2, 0.25) is 5.02 Å². The minimum atomic E-state index is -1.58. The topological polar surface area (TPSA) is 169 Å². The van der Waals surface area contributed by atoms with Crippen LogP contribution in [-0.4, -0.2) is 96.1 Å². The standard InChI is InChI=1S/C33H36BClN6O7/c1-21-39-40-32-28(38-31(22-5-9-25(35)10-6-22)27-19-26(46-2)11-12-29(27)41(21)32)20-30(42)36-13-15-47-17-18-48-16-14-37-33(43)23-3-7-24(8-4-23)34(44)45/h3-12,19,28,44-45H,13-18,20H2,1-2H3,(H,36,42)(H,37,43)/t28-/m0/s1. The number of hydrogen-bond donors (Lipinski definition) is 4. The number of ether oxygens (including phenoxy) is 3. The lowest BCUT2D eigenvalue weighted by Gasteiger charge is -2.14. The number of carbonyl (C=O) groups is 2. The van der Waals surface area contributed by atoms with E-state index in [9.17, 15) is 9.59 Å². The Labute approximate surface area is 283 Å². The summed E-state index contributed by atoms with van der Waals surface area (Å²) in [5, 5.41) is 33.2. The van der Waals surface area contributed by atoms with Gasteiger partial charge in [-0.05, 0) is 54.9 Å². The van der Waals surface area contributed by atoms with Gasteiger partial charge in [-0.1, -0.05) is 35.9 Å². The highest BCUT2D eigenvalue weighted by Gasteiger charge is 2.30. The summed E-state index contributed by atoms with van der Waals surface area (Å²) in [7, 11) is 0.0269. The van der Waals surface area contributed by atoms with Crippen molar-refractivity contribution in [2.75, 3.05) is 46.6 Å². The Morgan fingerprint density at radius 2 is 1.60 bits per heavy atom. The maximum atomic E-state index is 13.1. The van der Waals surface area contributed by atoms with Gasteiger partial charge in [0.15, 0.2) is 5.82 Å². The van der Waals surface area contributed by atoms with Crippen molar-refractivity contribution in [3.8, 4) is 11.4 Å². The number of methoxy groups -OCH3 is 1. The summed E-state index contributed by atoms with van der Waals surface area (Å²) in [6, 6.07) is 18.5. The number of aliphatic imine (C=N–C) groups is 1. The van der Waals surface area contributed by atoms with Crippen LogP contribution in [0.3, 0.4) is 0 Å². The van der Waals surface area contributed by atoms with Crippen molar-refractivity contribution in [3.63, 3.8) is 0 Å². The molecule has 0 spiro atoms. The zero-order valence-corrected chi connectivity index (χ0v) is 27.3. The molecule has 0 saturated carbocycles. The smallest absolute Gasteiger partial charge is 0.488 e. The average molecular weight is 675 g/mol. The van der Waals surface area contributed by atoms with Gasteiger partial charge in [-0.15, -0.1) is 10.2 Å². The largest absolute Gasteiger partial charge is 0.497 e. The molecule has 13 nitrogen and oxygen atoms in total. The molecule has 2 amide bonds. The van der Waals surface area contributed by atoms with Crippen molar-refractivity contribution >= 4 is 41.7 Å². The third kappa shape index (κ3) is 8.65. The van der Waals surface area contributed by atoms with Crippen molar-refractivity contribution in [1.82, 2.24) is 25.4 Å². The first kappa shape index (κ1) is 34.7. The van der Waals surface area contributed by atoms with Crippen molar-refractivity contribution in [1.29, 1.82) is 0 Å². The molecule has 3 aromatic carbocycles. The fourth-order valence-corrected chi connectivity index (χ4v) is 5.28. The zero-order valence-electron chi connectivity index (χ0n) is 26.6. The lowest BCUT2D eigenvalue weighted by molar-refractivity contribution is -0.121. The highest BCUT2D eigenvalue weighted by atomic mass is 35.5. The Bertz CT molecular complexity index is 1750. The van der Waals surface area contributed by atoms with E-state index < -0.39 is 13.2 Å². The van der Waals surface area contributed by atoms with Gasteiger partial charge in [0.25, 0.3) is 5.91 Å². The quantitative estimate of drug-likeness (QED) is 0.108. The summed E-state index contributed by atoms with van der Waals surface area (Å²) in [4.78, 5) is 30.3. The van der Waals surface area contributed by atoms with Crippen LogP contribution in [0.25, 0.3) is 5.69 Å². The Hall–Kier alpha value is -4.60. The third-order valence-electron chi connectivity index (χ3n) is 7.57. The van der Waals surface area contributed by atoms with Gasteiger partial charge in [0.1, 0.15) is 17.6 Å². The molecule has 250 valence electrons. The molecule has 0 bridgehead atoms. The lowest BCUT2D eigenvalue weighted by Crippen LogP contribution is -2.31. The zero-order chi connectivity index (χ0) is 34.0. The second kappa shape index (κ2) is 16.5. The Balaban J connectivity index is 1.09. The molecule has 0 saturated heterocycles. The van der Waals surface area contributed by atoms with Gasteiger partial charge in [0, 0.05) is 34.8 Å². The minimum absolute atomic E-state index is 0.0444. The molecule has 1 aliphatic rings. The molecule has 48 heavy (non-hydrogen) atoms. The number of nitrogens with one attached hydrogen (secondary N) is 2. The number of amides is 2. The maximum Gasteiger partial charge on any atom is 0.488 e. The number of rotatable bonds is 15. The van der Waals surface area contributed by atoms with E-state index in [4.69, 9.17) is 40.9 Å². The predicted molar refractivity (Wildman–Crippen MR) is 180 cm³/mol. The van der Waals surface area contributed by atoms with Gasteiger partial charge in [-0.2, -0.15) is 0 Å². The molecule has 4 N–H and O–H groups in total. The van der Waals surface area contributed by atoms with E-state index >= 15 is 0 Å². The molecule has 5 rings (SSSR count). The fraction of sp³-hybridized carbons (Fsp3) is 0.303. The average Bonchev–Trinajstić information content (AvgIpc) is 3.42. The van der Waals surface area contributed by atoms with Gasteiger partial charge in [0.2, 0.25) is 5.91 Å². The first-order chi connectivity index (χ1) is 23.2. The van der Waals surface area contributed by atoms with E-state index in [2.05, 4.69) is 20.8 Å². The van der Waals surface area contributed by atoms with Gasteiger partial charge in [-0.3, -0.25) is 19.1 Å². The van der Waals surface area contributed by atoms with Crippen molar-refractivity contribution in [2.24, 2.45) is 4.99 Å². The van der Waals surface area contributed by atoms with Gasteiger partial charge >= 0.3 is 7.12 Å². The van der Waals surface area contributed by atoms with Crippen LogP contribution in [0, 0.1) is 6.92 Å². The normalized spacial score (nSPS) is 13.5. The lowest BCUT2D eigenvalue weighted by atomic mass is 9.80. The highest BCUT2D eigenvalue weighted by molar-refractivity contribution is 6.58. The third-order valence-corrected chi connectivity index (χ3v) is 7.82. The molecule has 1 aliphatic heterocycles. The number of nitrogens with zero attached hydrogens (tertiary/aromatic N) is 4. The van der Waals surface area contributed by atoms with Crippen LogP contribution in [0.1, 0.15) is 45.6 Å². The molecular formula is C33H36BClN6O7. The summed E-state index contributed by atoms with van der Waals surface area (Å²) in [5.74, 6) is 1.39. The molecule has 0 aliphatic carbocycles. The van der Waals surface area contributed by atoms with Crippen LogP contribution in [-0.2, 0) is 14.3 Å². The number of aromatic nitrogens is 3. The molecule has 0 fully saturated rings. The van der Waals surface area contributed by atoms with E-state index in [1.165, 1.54) is 24.3 Å². The molecule has 15 heteroatoms. The fourth-order valence-electron chi connectivity index (χ4n) is 5.15. The van der Waals surface area contributed by atoms with Crippen LogP contribution in [0.15, 0.2) is 71.7 Å². The van der Waals surface area contributed by atoms with E-state index in [0.29, 0.717) is 72.1 Å². The second-order valence-corrected chi connectivity index (χ2v) is 11.3. The number of hydrogen-bond acceptors (Lipinski definition) is 10. The number of benzene rings is 3. The van der Waals surface area contributed by atoms with Crippen LogP contribution < -0.4 is 20.8 Å². The Morgan fingerprint density at radius 3 is 2.27 bits per heavy atom. The Morgan fingerprint density at radius 1 is 0.917 bits per heavy atom. The second-order valence-electron chi connectivity index (χ2n) is 10.9. The van der Waals surface area contributed by atoms with Gasteiger partial charge < -0.3 is 34.9 Å². The molecule has 1 aromatic heterocycles. The predicted octanol–water partition coefficient (Wildman–Crippen LogP) is 1.78. The van der Waals surface area contributed by atoms with Gasteiger partial charge in [-0.25, -0.2) is 0 Å². The van der Waals surface area contributed by atoms with Crippen LogP contribution in [0.5, 0.6) is 5.75 Å². The molecule has 0 unspecified atom stereocenters. The monoisotopic (exact) mass is 674 g/mol. The number of halogens is 1. The summed E-state index contributed by atoms with van der Waals surface area (Å²) >= 11 is 6.18. The van der Waals surface area contributed by atoms with Gasteiger partial charge in [0.05, 0.1) is 51.4 Å². The summed E-state index contributed by atoms with van der Waals surface area (Å²) < 4.78 is 18.5. The van der Waals surface area contributed by atoms with Crippen molar-refractivity contribution in [2.45, 2.75) is 19.4 Å². The minimum Gasteiger partial charge on any atom is -0.497 e. The molecule has 2 heterocycles. The number of fused-ring (bicyclic) bond motifs is 3. The Kier molecular flexibility index (Phi) is 11.9. The molecule has 0 radical (unpaired) electrons. The number of carbonyl (C=O) groups excluding carboxylic acids is 2. The number of aryl methyl sites for hydroxylation is 1. The van der Waals surface area contributed by atoms with E-state index in [1.807, 2.05) is 41.8 Å². The first-order valence-corrected chi connectivity index (χ1v) is 15.7. The van der Waals surface area contributed by atoms with Crippen molar-refractivity contribution < 1.29 is 33.8 Å². The van der Waals surface area contributed by atoms with Crippen LogP contribution in [0.4, 0.5) is 0 Å². The summed E-state index contributed by atoms with van der Waals surface area (Å²) in [5.41, 5.74) is 3.88. The SMILES string of the molecule is COc1ccc2c(c1)C(c1ccc(Cl)cc1)=N[C@@H](CC(=O)NCCOCCOCCNC(=O)c1ccc(B(O)O)cc1)c1nnc(C)n1-2. The van der Waals surface area contributed by atoms with Crippen LogP contribution >= 0.6 is 11.6 Å². The molecule has 4 aromatic rings. The first-order valence-electron chi connectivity index (χ1n) is 15.4. The molecular weight excluding hydrogens is 639 g/mol. The summed E-state index contributed by atoms with van der Waals surface area (Å²) in [6.45, 7) is 3.67. The summed E-state index contributed by atoms with van der Waals surface area (Å²) in [6.07, 6.45) is 0.0444. The molecule has 1 atom stereocenters. The highest BCUT2D eigenvalue weighted by Crippen LogP contribution is 2.34. The maximum absolute atomic E-state index is 13.1. The van der Waals surface area contributed by atoms with E-state index in [0.717, 1.165) is 16.8 Å². The van der Waals surface area contributed by atoms with E-state index in [1.54, 1.807) is 19.2 Å².